The molecule has 0 aromatic heterocycles. The molecule has 7 nitrogen and oxygen atoms in total. The zero-order valence-electron chi connectivity index (χ0n) is 17.7. The second-order valence-corrected chi connectivity index (χ2v) is 8.13. The van der Waals surface area contributed by atoms with Gasteiger partial charge < -0.3 is 9.47 Å². The molecule has 33 heavy (non-hydrogen) atoms. The van der Waals surface area contributed by atoms with E-state index < -0.39 is 58.6 Å². The largest absolute Gasteiger partial charge is 0.465 e. The molecule has 0 aliphatic rings. The maximum atomic E-state index is 14.9. The molecular weight excluding hydrogens is 470 g/mol. The van der Waals surface area contributed by atoms with Crippen molar-refractivity contribution in [2.45, 2.75) is 24.5 Å². The fourth-order valence-corrected chi connectivity index (χ4v) is 4.04. The Morgan fingerprint density at radius 1 is 1.06 bits per heavy atom. The number of anilines is 1. The third-order valence-electron chi connectivity index (χ3n) is 4.43. The molecule has 0 heterocycles. The zero-order valence-corrected chi connectivity index (χ0v) is 18.5. The van der Waals surface area contributed by atoms with Crippen molar-refractivity contribution in [3.8, 4) is 0 Å². The third kappa shape index (κ3) is 6.37. The summed E-state index contributed by atoms with van der Waals surface area (Å²) in [6.45, 7) is 0.722. The van der Waals surface area contributed by atoms with Crippen LogP contribution in [-0.4, -0.2) is 48.2 Å². The first-order chi connectivity index (χ1) is 15.4. The van der Waals surface area contributed by atoms with Gasteiger partial charge in [0.2, 0.25) is 0 Å². The van der Waals surface area contributed by atoms with Crippen LogP contribution in [0.15, 0.2) is 41.3 Å². The predicted octanol–water partition coefficient (Wildman–Crippen LogP) is 3.30. The average Bonchev–Trinajstić information content (AvgIpc) is 2.75. The molecule has 2 aromatic carbocycles. The molecule has 0 N–H and O–H groups in total. The summed E-state index contributed by atoms with van der Waals surface area (Å²) in [6, 6.07) is 7.43. The van der Waals surface area contributed by atoms with Crippen LogP contribution in [0.25, 0.3) is 0 Å². The second-order valence-electron chi connectivity index (χ2n) is 6.71. The maximum Gasteiger partial charge on any atom is 0.400 e. The van der Waals surface area contributed by atoms with E-state index >= 15 is 0 Å². The lowest BCUT2D eigenvalue weighted by molar-refractivity contribution is -0.151. The van der Waals surface area contributed by atoms with Gasteiger partial charge in [-0.15, -0.1) is 0 Å². The molecule has 0 aliphatic carbocycles. The number of amides is 1. The number of carbonyl (C=O) groups is 3. The van der Waals surface area contributed by atoms with Gasteiger partial charge in [0.1, 0.15) is 11.6 Å². The molecule has 0 bridgehead atoms. The van der Waals surface area contributed by atoms with Gasteiger partial charge in [0.05, 0.1) is 42.8 Å². The van der Waals surface area contributed by atoms with Crippen LogP contribution < -0.4 is 4.90 Å². The molecule has 1 unspecified atom stereocenters. The molecule has 2 aromatic rings. The van der Waals surface area contributed by atoms with E-state index in [0.29, 0.717) is 4.90 Å². The number of aryl methyl sites for hydroxylation is 1. The molecule has 2 rings (SSSR count). The van der Waals surface area contributed by atoms with Crippen LogP contribution in [-0.2, 0) is 36.4 Å². The van der Waals surface area contributed by atoms with Crippen molar-refractivity contribution >= 4 is 34.3 Å². The van der Waals surface area contributed by atoms with Gasteiger partial charge in [0, 0.05) is 4.90 Å². The lowest BCUT2D eigenvalue weighted by Crippen LogP contribution is -2.38. The number of rotatable bonds is 6. The first kappa shape index (κ1) is 26.0. The number of carbonyl (C=O) groups excluding carboxylic acids is 3. The summed E-state index contributed by atoms with van der Waals surface area (Å²) in [5, 5.41) is 0. The van der Waals surface area contributed by atoms with Gasteiger partial charge in [0.15, 0.2) is 0 Å². The van der Waals surface area contributed by atoms with E-state index in [4.69, 9.17) is 0 Å². The molecule has 0 radical (unpaired) electrons. The Labute approximate surface area is 188 Å². The minimum atomic E-state index is -4.76. The SMILES string of the molecule is COC(=O)C(=O)N(Cc1ccccc1C(=O)OC)c1cc(S(=O)CC(F)(F)F)c(C)cc1F. The smallest absolute Gasteiger partial charge is 0.400 e. The minimum absolute atomic E-state index is 0.0102. The summed E-state index contributed by atoms with van der Waals surface area (Å²) in [4.78, 5) is 36.9. The number of benzene rings is 2. The average molecular weight is 489 g/mol. The Kier molecular flexibility index (Phi) is 8.31. The van der Waals surface area contributed by atoms with Crippen molar-refractivity contribution in [2.75, 3.05) is 24.9 Å². The molecule has 0 saturated carbocycles. The predicted molar refractivity (Wildman–Crippen MR) is 109 cm³/mol. The molecule has 0 aliphatic heterocycles. The van der Waals surface area contributed by atoms with Crippen molar-refractivity contribution in [3.63, 3.8) is 0 Å². The third-order valence-corrected chi connectivity index (χ3v) is 5.95. The van der Waals surface area contributed by atoms with E-state index in [1.165, 1.54) is 31.2 Å². The summed E-state index contributed by atoms with van der Waals surface area (Å²) < 4.78 is 74.5. The highest BCUT2D eigenvalue weighted by Gasteiger charge is 2.33. The Hall–Kier alpha value is -3.28. The molecule has 1 amide bonds. The molecule has 12 heteroatoms. The van der Waals surface area contributed by atoms with Crippen LogP contribution in [0.1, 0.15) is 21.5 Å². The highest BCUT2D eigenvalue weighted by Crippen LogP contribution is 2.30. The number of hydrogen-bond acceptors (Lipinski definition) is 6. The minimum Gasteiger partial charge on any atom is -0.465 e. The van der Waals surface area contributed by atoms with Crippen LogP contribution >= 0.6 is 0 Å². The summed E-state index contributed by atoms with van der Waals surface area (Å²) in [5.41, 5.74) is -0.490. The highest BCUT2D eigenvalue weighted by molar-refractivity contribution is 7.85. The normalized spacial score (nSPS) is 12.1. The first-order valence-corrected chi connectivity index (χ1v) is 10.5. The van der Waals surface area contributed by atoms with E-state index in [-0.39, 0.29) is 21.6 Å². The molecule has 0 saturated heterocycles. The van der Waals surface area contributed by atoms with Gasteiger partial charge in [-0.1, -0.05) is 18.2 Å². The van der Waals surface area contributed by atoms with Gasteiger partial charge in [-0.2, -0.15) is 13.2 Å². The van der Waals surface area contributed by atoms with Gasteiger partial charge in [-0.3, -0.25) is 13.9 Å². The number of ether oxygens (including phenoxy) is 2. The van der Waals surface area contributed by atoms with Crippen LogP contribution in [0, 0.1) is 12.7 Å². The fraction of sp³-hybridized carbons (Fsp3) is 0.286. The van der Waals surface area contributed by atoms with E-state index in [1.807, 2.05) is 0 Å². The van der Waals surface area contributed by atoms with Crippen molar-refractivity contribution in [3.05, 3.63) is 58.9 Å². The van der Waals surface area contributed by atoms with E-state index in [2.05, 4.69) is 9.47 Å². The Bertz CT molecular complexity index is 1100. The highest BCUT2D eigenvalue weighted by atomic mass is 32.2. The van der Waals surface area contributed by atoms with Gasteiger partial charge in [-0.25, -0.2) is 14.0 Å². The quantitative estimate of drug-likeness (QED) is 0.352. The molecule has 1 atom stereocenters. The van der Waals surface area contributed by atoms with Crippen molar-refractivity contribution in [1.82, 2.24) is 0 Å². The van der Waals surface area contributed by atoms with Gasteiger partial charge >= 0.3 is 24.0 Å². The second kappa shape index (κ2) is 10.6. The van der Waals surface area contributed by atoms with E-state index in [0.717, 1.165) is 26.4 Å². The summed E-state index contributed by atoms with van der Waals surface area (Å²) in [5.74, 6) is -6.26. The Morgan fingerprint density at radius 2 is 1.70 bits per heavy atom. The fourth-order valence-electron chi connectivity index (χ4n) is 2.92. The summed E-state index contributed by atoms with van der Waals surface area (Å²) in [6.07, 6.45) is -4.76. The number of halogens is 4. The van der Waals surface area contributed by atoms with Crippen molar-refractivity contribution < 1.29 is 45.6 Å². The molecular formula is C21H19F4NO6S. The topological polar surface area (TPSA) is 90.0 Å². The van der Waals surface area contributed by atoms with E-state index in [1.54, 1.807) is 0 Å². The van der Waals surface area contributed by atoms with Crippen LogP contribution in [0.4, 0.5) is 23.2 Å². The van der Waals surface area contributed by atoms with Crippen LogP contribution in [0.3, 0.4) is 0 Å². The van der Waals surface area contributed by atoms with Crippen LogP contribution in [0.2, 0.25) is 0 Å². The van der Waals surface area contributed by atoms with Crippen molar-refractivity contribution in [1.29, 1.82) is 0 Å². The molecule has 178 valence electrons. The Morgan fingerprint density at radius 3 is 2.27 bits per heavy atom. The number of nitrogens with zero attached hydrogens (tertiary/aromatic N) is 1. The molecule has 0 spiro atoms. The lowest BCUT2D eigenvalue weighted by atomic mass is 10.1. The zero-order chi connectivity index (χ0) is 24.9. The first-order valence-electron chi connectivity index (χ1n) is 9.21. The van der Waals surface area contributed by atoms with Crippen molar-refractivity contribution in [2.24, 2.45) is 0 Å². The number of hydrogen-bond donors (Lipinski definition) is 0. The number of esters is 2. The number of alkyl halides is 3. The lowest BCUT2D eigenvalue weighted by Gasteiger charge is -2.24. The Balaban J connectivity index is 2.63. The van der Waals surface area contributed by atoms with Gasteiger partial charge in [0.25, 0.3) is 0 Å². The molecule has 0 fully saturated rings. The van der Waals surface area contributed by atoms with Gasteiger partial charge in [-0.05, 0) is 36.2 Å². The summed E-state index contributed by atoms with van der Waals surface area (Å²) in [7, 11) is -0.569. The number of methoxy groups -OCH3 is 2. The standard InChI is InChI=1S/C21H19F4NO6S/c1-12-8-15(22)16(9-17(12)33(30)11-21(23,24)25)26(18(27)20(29)32-3)10-13-6-4-5-7-14(13)19(28)31-2/h4-9H,10-11H2,1-3H3. The summed E-state index contributed by atoms with van der Waals surface area (Å²) >= 11 is 0. The monoisotopic (exact) mass is 489 g/mol. The maximum absolute atomic E-state index is 14.9. The van der Waals surface area contributed by atoms with E-state index in [9.17, 15) is 36.2 Å². The van der Waals surface area contributed by atoms with Crippen LogP contribution in [0.5, 0.6) is 0 Å².